The first-order valence-electron chi connectivity index (χ1n) is 6.56. The highest BCUT2D eigenvalue weighted by atomic mass is 16.5. The predicted octanol–water partition coefficient (Wildman–Crippen LogP) is 1.60. The monoisotopic (exact) mass is 248 g/mol. The van der Waals surface area contributed by atoms with E-state index in [1.165, 1.54) is 0 Å². The van der Waals surface area contributed by atoms with Crippen molar-refractivity contribution in [3.05, 3.63) is 23.8 Å². The maximum atomic E-state index is 6.31. The number of para-hydroxylation sites is 1. The van der Waals surface area contributed by atoms with E-state index in [0.717, 1.165) is 49.4 Å². The van der Waals surface area contributed by atoms with Gasteiger partial charge >= 0.3 is 0 Å². The molecule has 0 amide bonds. The molecule has 2 atom stereocenters. The highest BCUT2D eigenvalue weighted by molar-refractivity contribution is 5.50. The molecule has 98 valence electrons. The van der Waals surface area contributed by atoms with Crippen molar-refractivity contribution >= 4 is 0 Å². The molecule has 0 aromatic heterocycles. The lowest BCUT2D eigenvalue weighted by atomic mass is 9.82. The van der Waals surface area contributed by atoms with Gasteiger partial charge in [0.05, 0.1) is 7.11 Å². The molecule has 1 saturated heterocycles. The van der Waals surface area contributed by atoms with Gasteiger partial charge in [0.25, 0.3) is 0 Å². The summed E-state index contributed by atoms with van der Waals surface area (Å²) in [6.45, 7) is 1.94. The molecule has 18 heavy (non-hydrogen) atoms. The van der Waals surface area contributed by atoms with Crippen LogP contribution in [0.1, 0.15) is 30.9 Å². The summed E-state index contributed by atoms with van der Waals surface area (Å²) in [6, 6.07) is 5.97. The number of nitrogens with two attached hydrogens (primary N) is 1. The van der Waals surface area contributed by atoms with Gasteiger partial charge in [-0.25, -0.2) is 0 Å². The summed E-state index contributed by atoms with van der Waals surface area (Å²) in [6.07, 6.45) is 3.07. The zero-order valence-electron chi connectivity index (χ0n) is 10.7. The lowest BCUT2D eigenvalue weighted by Crippen LogP contribution is -2.53. The number of hydrogen-bond acceptors (Lipinski definition) is 4. The van der Waals surface area contributed by atoms with Gasteiger partial charge < -0.3 is 20.5 Å². The van der Waals surface area contributed by atoms with Gasteiger partial charge in [-0.3, -0.25) is 0 Å². The standard InChI is InChI=1S/C14H20N2O2/c1-17-12-5-2-4-10-11(15)8-14(18-13(10)12)6-3-7-16-9-14/h2,4-5,11,16H,3,6-9,15H2,1H3. The average Bonchev–Trinajstić information content (AvgIpc) is 2.39. The maximum Gasteiger partial charge on any atom is 0.166 e. The van der Waals surface area contributed by atoms with E-state index in [1.807, 2.05) is 18.2 Å². The van der Waals surface area contributed by atoms with Crippen molar-refractivity contribution in [1.82, 2.24) is 5.32 Å². The highest BCUT2D eigenvalue weighted by Crippen LogP contribution is 2.45. The summed E-state index contributed by atoms with van der Waals surface area (Å²) in [5.74, 6) is 1.62. The molecule has 2 aliphatic heterocycles. The number of rotatable bonds is 1. The molecule has 2 heterocycles. The van der Waals surface area contributed by atoms with Gasteiger partial charge in [0, 0.05) is 24.6 Å². The molecule has 3 rings (SSSR count). The van der Waals surface area contributed by atoms with Crippen LogP contribution in [0.4, 0.5) is 0 Å². The van der Waals surface area contributed by atoms with E-state index >= 15 is 0 Å². The molecule has 1 aromatic carbocycles. The summed E-state index contributed by atoms with van der Waals surface area (Å²) in [5, 5.41) is 3.41. The van der Waals surface area contributed by atoms with Gasteiger partial charge in [-0.1, -0.05) is 12.1 Å². The number of fused-ring (bicyclic) bond motifs is 1. The molecule has 1 fully saturated rings. The molecule has 0 saturated carbocycles. The topological polar surface area (TPSA) is 56.5 Å². The van der Waals surface area contributed by atoms with Gasteiger partial charge in [0.1, 0.15) is 5.60 Å². The minimum atomic E-state index is -0.153. The fraction of sp³-hybridized carbons (Fsp3) is 0.571. The SMILES string of the molecule is COc1cccc2c1OC1(CCCNC1)CC2N. The lowest BCUT2D eigenvalue weighted by Gasteiger charge is -2.44. The van der Waals surface area contributed by atoms with Crippen LogP contribution in [0.3, 0.4) is 0 Å². The number of methoxy groups -OCH3 is 1. The van der Waals surface area contributed by atoms with Gasteiger partial charge in [0.2, 0.25) is 0 Å². The minimum Gasteiger partial charge on any atom is -0.493 e. The molecule has 1 aromatic rings. The van der Waals surface area contributed by atoms with Crippen LogP contribution in [0.15, 0.2) is 18.2 Å². The highest BCUT2D eigenvalue weighted by Gasteiger charge is 2.41. The molecule has 0 bridgehead atoms. The van der Waals surface area contributed by atoms with E-state index in [1.54, 1.807) is 7.11 Å². The Morgan fingerprint density at radius 2 is 2.39 bits per heavy atom. The van der Waals surface area contributed by atoms with Crippen molar-refractivity contribution in [2.45, 2.75) is 30.9 Å². The molecule has 4 nitrogen and oxygen atoms in total. The quantitative estimate of drug-likeness (QED) is 0.792. The van der Waals surface area contributed by atoms with E-state index in [9.17, 15) is 0 Å². The van der Waals surface area contributed by atoms with Crippen molar-refractivity contribution < 1.29 is 9.47 Å². The second-order valence-corrected chi connectivity index (χ2v) is 5.25. The third-order valence-electron chi connectivity index (χ3n) is 3.97. The smallest absolute Gasteiger partial charge is 0.166 e. The second-order valence-electron chi connectivity index (χ2n) is 5.25. The summed E-state index contributed by atoms with van der Waals surface area (Å²) >= 11 is 0. The number of benzene rings is 1. The third-order valence-corrected chi connectivity index (χ3v) is 3.97. The molecule has 4 heteroatoms. The van der Waals surface area contributed by atoms with Crippen LogP contribution < -0.4 is 20.5 Å². The van der Waals surface area contributed by atoms with Gasteiger partial charge in [-0.05, 0) is 25.5 Å². The van der Waals surface area contributed by atoms with Crippen molar-refractivity contribution in [3.8, 4) is 11.5 Å². The average molecular weight is 248 g/mol. The Balaban J connectivity index is 1.99. The van der Waals surface area contributed by atoms with Gasteiger partial charge in [-0.15, -0.1) is 0 Å². The van der Waals surface area contributed by atoms with Gasteiger partial charge in [0.15, 0.2) is 11.5 Å². The predicted molar refractivity (Wildman–Crippen MR) is 70.0 cm³/mol. The van der Waals surface area contributed by atoms with Crippen LogP contribution in [0, 0.1) is 0 Å². The Labute approximate surface area is 107 Å². The summed E-state index contributed by atoms with van der Waals surface area (Å²) < 4.78 is 11.7. The largest absolute Gasteiger partial charge is 0.493 e. The van der Waals surface area contributed by atoms with E-state index in [4.69, 9.17) is 15.2 Å². The lowest BCUT2D eigenvalue weighted by molar-refractivity contribution is 0.0112. The molecular formula is C14H20N2O2. The van der Waals surface area contributed by atoms with Crippen LogP contribution in [0.5, 0.6) is 11.5 Å². The second kappa shape index (κ2) is 4.44. The first-order valence-corrected chi connectivity index (χ1v) is 6.56. The third kappa shape index (κ3) is 1.85. The van der Waals surface area contributed by atoms with Crippen LogP contribution >= 0.6 is 0 Å². The maximum absolute atomic E-state index is 6.31. The zero-order valence-corrected chi connectivity index (χ0v) is 10.7. The van der Waals surface area contributed by atoms with Gasteiger partial charge in [-0.2, -0.15) is 0 Å². The first-order chi connectivity index (χ1) is 8.74. The molecule has 3 N–H and O–H groups in total. The Kier molecular flexibility index (Phi) is 2.92. The van der Waals surface area contributed by atoms with Crippen molar-refractivity contribution in [3.63, 3.8) is 0 Å². The normalized spacial score (nSPS) is 30.7. The number of piperidine rings is 1. The summed E-state index contributed by atoms with van der Waals surface area (Å²) in [7, 11) is 1.67. The fourth-order valence-electron chi connectivity index (χ4n) is 3.07. The molecule has 2 aliphatic rings. The fourth-order valence-corrected chi connectivity index (χ4v) is 3.07. The van der Waals surface area contributed by atoms with E-state index in [-0.39, 0.29) is 11.6 Å². The van der Waals surface area contributed by atoms with Crippen molar-refractivity contribution in [1.29, 1.82) is 0 Å². The minimum absolute atomic E-state index is 0.0312. The molecule has 2 unspecified atom stereocenters. The molecule has 1 spiro atoms. The van der Waals surface area contributed by atoms with Crippen LogP contribution in [0.2, 0.25) is 0 Å². The summed E-state index contributed by atoms with van der Waals surface area (Å²) in [5.41, 5.74) is 7.22. The van der Waals surface area contributed by atoms with E-state index in [2.05, 4.69) is 5.32 Å². The zero-order chi connectivity index (χ0) is 12.6. The van der Waals surface area contributed by atoms with Crippen molar-refractivity contribution in [2.75, 3.05) is 20.2 Å². The van der Waals surface area contributed by atoms with Crippen molar-refractivity contribution in [2.24, 2.45) is 5.73 Å². The number of ether oxygens (including phenoxy) is 2. The molecular weight excluding hydrogens is 228 g/mol. The molecule has 0 aliphatic carbocycles. The Hall–Kier alpha value is -1.26. The Morgan fingerprint density at radius 3 is 3.11 bits per heavy atom. The van der Waals surface area contributed by atoms with Crippen LogP contribution in [-0.2, 0) is 0 Å². The summed E-state index contributed by atoms with van der Waals surface area (Å²) in [4.78, 5) is 0. The first kappa shape index (κ1) is 11.8. The van der Waals surface area contributed by atoms with Crippen LogP contribution in [-0.4, -0.2) is 25.8 Å². The van der Waals surface area contributed by atoms with E-state index < -0.39 is 0 Å². The van der Waals surface area contributed by atoms with E-state index in [0.29, 0.717) is 0 Å². The van der Waals surface area contributed by atoms with Crippen LogP contribution in [0.25, 0.3) is 0 Å². The number of hydrogen-bond donors (Lipinski definition) is 2. The number of nitrogens with one attached hydrogen (secondary N) is 1. The Bertz CT molecular complexity index is 441. The molecule has 0 radical (unpaired) electrons. The Morgan fingerprint density at radius 1 is 1.50 bits per heavy atom.